The second kappa shape index (κ2) is 6.38. The molecule has 2 aromatic heterocycles. The summed E-state index contributed by atoms with van der Waals surface area (Å²) in [5.74, 6) is 1.84. The quantitative estimate of drug-likeness (QED) is 0.773. The molecule has 1 N–H and O–H groups in total. The van der Waals surface area contributed by atoms with E-state index in [4.69, 9.17) is 4.74 Å². The van der Waals surface area contributed by atoms with E-state index in [9.17, 15) is 0 Å². The molecule has 2 rings (SSSR count). The van der Waals surface area contributed by atoms with E-state index in [0.717, 1.165) is 43.6 Å². The Bertz CT molecular complexity index is 517. The molecule has 0 aliphatic rings. The molecule has 0 amide bonds. The molecule has 0 radical (unpaired) electrons. The van der Waals surface area contributed by atoms with Gasteiger partial charge in [0.05, 0.1) is 11.9 Å². The lowest BCUT2D eigenvalue weighted by Crippen LogP contribution is -2.11. The first-order chi connectivity index (χ1) is 9.22. The van der Waals surface area contributed by atoms with Crippen LogP contribution in [0.25, 0.3) is 5.82 Å². The fourth-order valence-electron chi connectivity index (χ4n) is 1.92. The molecule has 0 bridgehead atoms. The number of nitrogens with one attached hydrogen (secondary N) is 1. The summed E-state index contributed by atoms with van der Waals surface area (Å²) in [5.41, 5.74) is 0.980. The van der Waals surface area contributed by atoms with Crippen LogP contribution >= 0.6 is 0 Å². The molecule has 0 atom stereocenters. The summed E-state index contributed by atoms with van der Waals surface area (Å²) in [5, 5.41) is 7.52. The predicted molar refractivity (Wildman–Crippen MR) is 74.7 cm³/mol. The molecule has 0 saturated heterocycles. The van der Waals surface area contributed by atoms with Crippen molar-refractivity contribution >= 4 is 5.95 Å². The largest absolute Gasteiger partial charge is 0.382 e. The number of ether oxygens (including phenoxy) is 1. The maximum absolute atomic E-state index is 5.32. The normalized spacial score (nSPS) is 10.9. The van der Waals surface area contributed by atoms with Crippen LogP contribution in [0.4, 0.5) is 5.95 Å². The van der Waals surface area contributed by atoms with Gasteiger partial charge in [-0.1, -0.05) is 0 Å². The zero-order valence-corrected chi connectivity index (χ0v) is 11.8. The molecular formula is C13H21N5O. The van der Waals surface area contributed by atoms with Gasteiger partial charge in [-0.25, -0.2) is 4.98 Å². The monoisotopic (exact) mass is 263 g/mol. The minimum absolute atomic E-state index is 0.767. The van der Waals surface area contributed by atoms with Crippen molar-refractivity contribution in [3.63, 3.8) is 0 Å². The first-order valence-electron chi connectivity index (χ1n) is 6.58. The average Bonchev–Trinajstić information content (AvgIpc) is 2.95. The highest BCUT2D eigenvalue weighted by atomic mass is 16.5. The highest BCUT2D eigenvalue weighted by molar-refractivity contribution is 5.38. The Labute approximate surface area is 113 Å². The lowest BCUT2D eigenvalue weighted by atomic mass is 10.4. The van der Waals surface area contributed by atoms with Crippen LogP contribution in [0.15, 0.2) is 18.5 Å². The molecule has 104 valence electrons. The first-order valence-corrected chi connectivity index (χ1v) is 6.58. The van der Waals surface area contributed by atoms with E-state index < -0.39 is 0 Å². The van der Waals surface area contributed by atoms with Crippen molar-refractivity contribution in [2.75, 3.05) is 25.1 Å². The molecule has 6 nitrogen and oxygen atoms in total. The van der Waals surface area contributed by atoms with Gasteiger partial charge in [0.2, 0.25) is 5.95 Å². The van der Waals surface area contributed by atoms with Crippen LogP contribution in [0.2, 0.25) is 0 Å². The first kappa shape index (κ1) is 13.6. The number of hydrogen-bond donors (Lipinski definition) is 1. The minimum atomic E-state index is 0.767. The highest BCUT2D eigenvalue weighted by Gasteiger charge is 2.09. The summed E-state index contributed by atoms with van der Waals surface area (Å²) in [4.78, 5) is 4.50. The van der Waals surface area contributed by atoms with E-state index in [-0.39, 0.29) is 0 Å². The molecule has 2 aromatic rings. The number of imidazole rings is 1. The molecular weight excluding hydrogens is 242 g/mol. The van der Waals surface area contributed by atoms with Crippen LogP contribution in [0.1, 0.15) is 19.0 Å². The molecule has 6 heteroatoms. The Balaban J connectivity index is 2.03. The molecule has 0 spiro atoms. The summed E-state index contributed by atoms with van der Waals surface area (Å²) in [7, 11) is 1.92. The number of aryl methyl sites for hydroxylation is 2. The molecule has 0 unspecified atom stereocenters. The van der Waals surface area contributed by atoms with E-state index in [2.05, 4.69) is 15.4 Å². The van der Waals surface area contributed by atoms with Gasteiger partial charge < -0.3 is 10.1 Å². The van der Waals surface area contributed by atoms with Gasteiger partial charge in [0.1, 0.15) is 5.82 Å². The molecule has 0 fully saturated rings. The lowest BCUT2D eigenvalue weighted by Gasteiger charge is -2.09. The smallest absolute Gasteiger partial charge is 0.208 e. The second-order valence-corrected chi connectivity index (χ2v) is 4.37. The fraction of sp³-hybridized carbons (Fsp3) is 0.538. The number of nitrogens with zero attached hydrogens (tertiary/aromatic N) is 4. The molecule has 2 heterocycles. The fourth-order valence-corrected chi connectivity index (χ4v) is 1.92. The van der Waals surface area contributed by atoms with Crippen molar-refractivity contribution in [2.24, 2.45) is 7.05 Å². The summed E-state index contributed by atoms with van der Waals surface area (Å²) in [6.07, 6.45) is 4.75. The number of anilines is 1. The number of hydrogen-bond acceptors (Lipinski definition) is 4. The van der Waals surface area contributed by atoms with Crippen molar-refractivity contribution in [1.29, 1.82) is 0 Å². The van der Waals surface area contributed by atoms with E-state index in [0.29, 0.717) is 0 Å². The number of rotatable bonds is 7. The van der Waals surface area contributed by atoms with E-state index >= 15 is 0 Å². The van der Waals surface area contributed by atoms with E-state index in [1.807, 2.05) is 42.4 Å². The maximum Gasteiger partial charge on any atom is 0.208 e. The third-order valence-electron chi connectivity index (χ3n) is 2.82. The topological polar surface area (TPSA) is 56.9 Å². The molecule has 0 aliphatic heterocycles. The van der Waals surface area contributed by atoms with E-state index in [1.165, 1.54) is 0 Å². The summed E-state index contributed by atoms with van der Waals surface area (Å²) in [6.45, 7) is 6.37. The van der Waals surface area contributed by atoms with Crippen molar-refractivity contribution < 1.29 is 4.74 Å². The zero-order chi connectivity index (χ0) is 13.7. The predicted octanol–water partition coefficient (Wildman–Crippen LogP) is 1.75. The molecule has 0 saturated carbocycles. The summed E-state index contributed by atoms with van der Waals surface area (Å²) < 4.78 is 9.16. The van der Waals surface area contributed by atoms with Crippen LogP contribution in [-0.2, 0) is 11.8 Å². The van der Waals surface area contributed by atoms with Crippen molar-refractivity contribution in [3.05, 3.63) is 24.2 Å². The van der Waals surface area contributed by atoms with Crippen LogP contribution in [0, 0.1) is 6.92 Å². The van der Waals surface area contributed by atoms with Gasteiger partial charge in [0.15, 0.2) is 0 Å². The highest BCUT2D eigenvalue weighted by Crippen LogP contribution is 2.15. The van der Waals surface area contributed by atoms with Gasteiger partial charge in [0, 0.05) is 39.1 Å². The molecule has 0 aliphatic carbocycles. The van der Waals surface area contributed by atoms with Gasteiger partial charge in [-0.05, 0) is 20.3 Å². The van der Waals surface area contributed by atoms with Gasteiger partial charge in [0.25, 0.3) is 0 Å². The standard InChI is InChI=1S/C13H21N5O/c1-4-19-9-5-7-14-13-16-11(2)10-18(13)12-6-8-15-17(12)3/h6,8,10H,4-5,7,9H2,1-3H3,(H,14,16). The van der Waals surface area contributed by atoms with Gasteiger partial charge in [-0.2, -0.15) is 5.10 Å². The van der Waals surface area contributed by atoms with Crippen LogP contribution in [0.3, 0.4) is 0 Å². The lowest BCUT2D eigenvalue weighted by molar-refractivity contribution is 0.147. The van der Waals surface area contributed by atoms with Crippen molar-refractivity contribution in [1.82, 2.24) is 19.3 Å². The average molecular weight is 263 g/mol. The second-order valence-electron chi connectivity index (χ2n) is 4.37. The third-order valence-corrected chi connectivity index (χ3v) is 2.82. The Morgan fingerprint density at radius 1 is 1.42 bits per heavy atom. The molecule has 0 aromatic carbocycles. The van der Waals surface area contributed by atoms with Gasteiger partial charge in [-0.15, -0.1) is 0 Å². The SMILES string of the molecule is CCOCCCNc1nc(C)cn1-c1ccnn1C. The van der Waals surface area contributed by atoms with Gasteiger partial charge in [-0.3, -0.25) is 9.25 Å². The van der Waals surface area contributed by atoms with Gasteiger partial charge >= 0.3 is 0 Å². The zero-order valence-electron chi connectivity index (χ0n) is 11.8. The summed E-state index contributed by atoms with van der Waals surface area (Å²) in [6, 6.07) is 1.96. The number of aromatic nitrogens is 4. The Hall–Kier alpha value is -1.82. The van der Waals surface area contributed by atoms with Crippen LogP contribution < -0.4 is 5.32 Å². The summed E-state index contributed by atoms with van der Waals surface area (Å²) >= 11 is 0. The van der Waals surface area contributed by atoms with Crippen molar-refractivity contribution in [3.8, 4) is 5.82 Å². The Morgan fingerprint density at radius 2 is 2.26 bits per heavy atom. The van der Waals surface area contributed by atoms with Crippen LogP contribution in [-0.4, -0.2) is 39.1 Å². The third kappa shape index (κ3) is 3.35. The van der Waals surface area contributed by atoms with Crippen LogP contribution in [0.5, 0.6) is 0 Å². The minimum Gasteiger partial charge on any atom is -0.382 e. The Morgan fingerprint density at radius 3 is 2.95 bits per heavy atom. The Kier molecular flexibility index (Phi) is 4.57. The van der Waals surface area contributed by atoms with E-state index in [1.54, 1.807) is 6.20 Å². The van der Waals surface area contributed by atoms with Crippen molar-refractivity contribution in [2.45, 2.75) is 20.3 Å². The maximum atomic E-state index is 5.32. The molecule has 19 heavy (non-hydrogen) atoms.